The number of hydrogen-bond donors (Lipinski definition) is 1. The predicted octanol–water partition coefficient (Wildman–Crippen LogP) is 4.47. The maximum atomic E-state index is 12.2. The lowest BCUT2D eigenvalue weighted by Gasteiger charge is -2.20. The van der Waals surface area contributed by atoms with E-state index in [1.165, 1.54) is 0 Å². The average molecular weight is 281 g/mol. The highest BCUT2D eigenvalue weighted by Crippen LogP contribution is 2.21. The molecule has 110 valence electrons. The maximum absolute atomic E-state index is 12.2. The van der Waals surface area contributed by atoms with Crippen LogP contribution in [0.15, 0.2) is 60.7 Å². The van der Waals surface area contributed by atoms with Crippen molar-refractivity contribution in [1.29, 1.82) is 0 Å². The van der Waals surface area contributed by atoms with E-state index in [0.717, 1.165) is 30.4 Å². The minimum atomic E-state index is -0.0680. The van der Waals surface area contributed by atoms with E-state index in [-0.39, 0.29) is 11.9 Å². The van der Waals surface area contributed by atoms with E-state index < -0.39 is 0 Å². The van der Waals surface area contributed by atoms with Crippen molar-refractivity contribution < 1.29 is 4.79 Å². The first-order valence-electron chi connectivity index (χ1n) is 7.70. The first-order valence-corrected chi connectivity index (χ1v) is 7.70. The number of carbonyl (C=O) groups is 1. The number of carbonyl (C=O) groups excluding carboxylic acids is 1. The molecule has 0 unspecified atom stereocenters. The number of nitrogens with one attached hydrogen (secondary N) is 1. The molecule has 0 bridgehead atoms. The van der Waals surface area contributed by atoms with Crippen molar-refractivity contribution >= 4 is 5.91 Å². The summed E-state index contributed by atoms with van der Waals surface area (Å²) >= 11 is 0. The molecule has 0 aromatic heterocycles. The van der Waals surface area contributed by atoms with E-state index in [4.69, 9.17) is 0 Å². The monoisotopic (exact) mass is 281 g/mol. The van der Waals surface area contributed by atoms with Gasteiger partial charge < -0.3 is 5.32 Å². The van der Waals surface area contributed by atoms with Crippen LogP contribution in [0.3, 0.4) is 0 Å². The first kappa shape index (κ1) is 15.3. The molecule has 1 N–H and O–H groups in total. The normalized spacial score (nSPS) is 10.6. The highest BCUT2D eigenvalue weighted by Gasteiger charge is 2.15. The van der Waals surface area contributed by atoms with Gasteiger partial charge >= 0.3 is 0 Å². The summed E-state index contributed by atoms with van der Waals surface area (Å²) in [6.07, 6.45) is 3.80. The summed E-state index contributed by atoms with van der Waals surface area (Å²) in [4.78, 5) is 12.2. The average Bonchev–Trinajstić information content (AvgIpc) is 2.54. The van der Waals surface area contributed by atoms with Gasteiger partial charge in [-0.1, -0.05) is 80.4 Å². The molecule has 21 heavy (non-hydrogen) atoms. The summed E-state index contributed by atoms with van der Waals surface area (Å²) in [5, 5.41) is 3.17. The lowest BCUT2D eigenvalue weighted by atomic mass is 9.98. The quantitative estimate of drug-likeness (QED) is 0.745. The van der Waals surface area contributed by atoms with Crippen molar-refractivity contribution in [2.24, 2.45) is 0 Å². The molecule has 0 fully saturated rings. The molecule has 2 aromatic carbocycles. The maximum Gasteiger partial charge on any atom is 0.220 e. The molecule has 2 heteroatoms. The van der Waals surface area contributed by atoms with Crippen LogP contribution >= 0.6 is 0 Å². The Morgan fingerprint density at radius 1 is 0.905 bits per heavy atom. The molecule has 0 heterocycles. The van der Waals surface area contributed by atoms with E-state index in [9.17, 15) is 4.79 Å². The van der Waals surface area contributed by atoms with Crippen LogP contribution in [-0.4, -0.2) is 5.91 Å². The number of benzene rings is 2. The number of unbranched alkanes of at least 4 members (excludes halogenated alkanes) is 2. The fourth-order valence-electron chi connectivity index (χ4n) is 2.42. The zero-order chi connectivity index (χ0) is 14.9. The molecular formula is C19H23NO. The number of amides is 1. The van der Waals surface area contributed by atoms with Gasteiger partial charge in [-0.05, 0) is 17.5 Å². The van der Waals surface area contributed by atoms with Crippen LogP contribution in [0.2, 0.25) is 0 Å². The van der Waals surface area contributed by atoms with Crippen LogP contribution in [0.5, 0.6) is 0 Å². The fourth-order valence-corrected chi connectivity index (χ4v) is 2.42. The third kappa shape index (κ3) is 4.75. The third-order valence-corrected chi connectivity index (χ3v) is 3.58. The van der Waals surface area contributed by atoms with E-state index in [1.54, 1.807) is 0 Å². The molecule has 1 amide bonds. The van der Waals surface area contributed by atoms with Crippen molar-refractivity contribution in [2.45, 2.75) is 38.6 Å². The van der Waals surface area contributed by atoms with Crippen molar-refractivity contribution in [3.8, 4) is 0 Å². The zero-order valence-corrected chi connectivity index (χ0v) is 12.6. The minimum absolute atomic E-state index is 0.0680. The van der Waals surface area contributed by atoms with Crippen molar-refractivity contribution in [2.75, 3.05) is 0 Å². The second kappa shape index (κ2) is 8.25. The molecule has 0 atom stereocenters. The molecule has 0 aliphatic heterocycles. The molecule has 0 saturated heterocycles. The van der Waals surface area contributed by atoms with Gasteiger partial charge in [-0.2, -0.15) is 0 Å². The summed E-state index contributed by atoms with van der Waals surface area (Å²) in [6.45, 7) is 2.15. The van der Waals surface area contributed by atoms with Gasteiger partial charge in [0, 0.05) is 6.42 Å². The van der Waals surface area contributed by atoms with Crippen LogP contribution in [-0.2, 0) is 4.79 Å². The Kier molecular flexibility index (Phi) is 6.01. The molecule has 2 nitrogen and oxygen atoms in total. The van der Waals surface area contributed by atoms with Gasteiger partial charge in [0.15, 0.2) is 0 Å². The Hall–Kier alpha value is -2.09. The molecule has 0 spiro atoms. The second-order valence-electron chi connectivity index (χ2n) is 5.28. The topological polar surface area (TPSA) is 29.1 Å². The summed E-state index contributed by atoms with van der Waals surface area (Å²) in [7, 11) is 0. The van der Waals surface area contributed by atoms with Crippen LogP contribution in [0, 0.1) is 0 Å². The highest BCUT2D eigenvalue weighted by atomic mass is 16.1. The SMILES string of the molecule is CCCCCC(=O)NC(c1ccccc1)c1ccccc1. The third-order valence-electron chi connectivity index (χ3n) is 3.58. The molecule has 2 aromatic rings. The van der Waals surface area contributed by atoms with Crippen LogP contribution in [0.4, 0.5) is 0 Å². The van der Waals surface area contributed by atoms with Crippen molar-refractivity contribution in [3.05, 3.63) is 71.8 Å². The van der Waals surface area contributed by atoms with Gasteiger partial charge in [-0.15, -0.1) is 0 Å². The van der Waals surface area contributed by atoms with Gasteiger partial charge in [-0.25, -0.2) is 0 Å². The largest absolute Gasteiger partial charge is 0.345 e. The Morgan fingerprint density at radius 3 is 1.90 bits per heavy atom. The second-order valence-corrected chi connectivity index (χ2v) is 5.28. The molecule has 0 aliphatic rings. The van der Waals surface area contributed by atoms with Gasteiger partial charge in [0.25, 0.3) is 0 Å². The Labute approximate surface area is 127 Å². The van der Waals surface area contributed by atoms with Crippen LogP contribution < -0.4 is 5.32 Å². The van der Waals surface area contributed by atoms with Crippen molar-refractivity contribution in [3.63, 3.8) is 0 Å². The van der Waals surface area contributed by atoms with E-state index in [0.29, 0.717) is 6.42 Å². The summed E-state index contributed by atoms with van der Waals surface area (Å²) in [5.74, 6) is 0.126. The smallest absolute Gasteiger partial charge is 0.220 e. The van der Waals surface area contributed by atoms with E-state index >= 15 is 0 Å². The summed E-state index contributed by atoms with van der Waals surface area (Å²) in [6, 6.07) is 20.2. The Bertz CT molecular complexity index is 497. The summed E-state index contributed by atoms with van der Waals surface area (Å²) < 4.78 is 0. The Morgan fingerprint density at radius 2 is 1.43 bits per heavy atom. The number of rotatable bonds is 7. The molecule has 0 aliphatic carbocycles. The standard InChI is InChI=1S/C19H23NO/c1-2-3-6-15-18(21)20-19(16-11-7-4-8-12-16)17-13-9-5-10-14-17/h4-5,7-14,19H,2-3,6,15H2,1H3,(H,20,21). The lowest BCUT2D eigenvalue weighted by molar-refractivity contribution is -0.121. The molecule has 0 radical (unpaired) electrons. The minimum Gasteiger partial charge on any atom is -0.345 e. The van der Waals surface area contributed by atoms with E-state index in [2.05, 4.69) is 36.5 Å². The highest BCUT2D eigenvalue weighted by molar-refractivity contribution is 5.77. The van der Waals surface area contributed by atoms with E-state index in [1.807, 2.05) is 36.4 Å². The predicted molar refractivity (Wildman–Crippen MR) is 87.0 cm³/mol. The molecule has 0 saturated carbocycles. The van der Waals surface area contributed by atoms with Crippen molar-refractivity contribution in [1.82, 2.24) is 5.32 Å². The van der Waals surface area contributed by atoms with Gasteiger partial charge in [0.2, 0.25) is 5.91 Å². The summed E-state index contributed by atoms with van der Waals surface area (Å²) in [5.41, 5.74) is 2.24. The number of hydrogen-bond acceptors (Lipinski definition) is 1. The fraction of sp³-hybridized carbons (Fsp3) is 0.316. The lowest BCUT2D eigenvalue weighted by Crippen LogP contribution is -2.29. The molecule has 2 rings (SSSR count). The van der Waals surface area contributed by atoms with Crippen LogP contribution in [0.25, 0.3) is 0 Å². The first-order chi connectivity index (χ1) is 10.3. The zero-order valence-electron chi connectivity index (χ0n) is 12.6. The van der Waals surface area contributed by atoms with Gasteiger partial charge in [-0.3, -0.25) is 4.79 Å². The molecular weight excluding hydrogens is 258 g/mol. The van der Waals surface area contributed by atoms with Crippen LogP contribution in [0.1, 0.15) is 49.8 Å². The Balaban J connectivity index is 2.12. The van der Waals surface area contributed by atoms with Gasteiger partial charge in [0.05, 0.1) is 6.04 Å². The van der Waals surface area contributed by atoms with Gasteiger partial charge in [0.1, 0.15) is 0 Å².